The summed E-state index contributed by atoms with van der Waals surface area (Å²) in [6.45, 7) is 2.29. The summed E-state index contributed by atoms with van der Waals surface area (Å²) in [7, 11) is 0. The number of halogens is 2. The van der Waals surface area contributed by atoms with Crippen LogP contribution in [0, 0.1) is 11.6 Å². The minimum Gasteiger partial charge on any atom is -0.468 e. The Labute approximate surface area is 128 Å². The number of aliphatic hydroxyl groups is 1. The summed E-state index contributed by atoms with van der Waals surface area (Å²) < 4.78 is 32.2. The Morgan fingerprint density at radius 1 is 1.32 bits per heavy atom. The van der Waals surface area contributed by atoms with Gasteiger partial charge in [0.1, 0.15) is 17.4 Å². The van der Waals surface area contributed by atoms with Gasteiger partial charge in [0.2, 0.25) is 0 Å². The molecule has 0 saturated heterocycles. The fourth-order valence-electron chi connectivity index (χ4n) is 2.79. The molecule has 3 rings (SSSR count). The van der Waals surface area contributed by atoms with Gasteiger partial charge in [0.15, 0.2) is 0 Å². The first-order valence-electron chi connectivity index (χ1n) is 7.48. The van der Waals surface area contributed by atoms with E-state index in [0.29, 0.717) is 6.04 Å². The third kappa shape index (κ3) is 3.20. The molecule has 0 spiro atoms. The molecule has 1 fully saturated rings. The van der Waals surface area contributed by atoms with Gasteiger partial charge in [0.05, 0.1) is 18.4 Å². The minimum atomic E-state index is -1.00. The van der Waals surface area contributed by atoms with Crippen LogP contribution in [0.2, 0.25) is 0 Å². The number of hydrogen-bond donors (Lipinski definition) is 1. The fraction of sp³-hybridized carbons (Fsp3) is 0.412. The molecule has 2 atom stereocenters. The quantitative estimate of drug-likeness (QED) is 0.881. The number of aliphatic hydroxyl groups excluding tert-OH is 1. The van der Waals surface area contributed by atoms with Crippen molar-refractivity contribution in [3.63, 3.8) is 0 Å². The predicted molar refractivity (Wildman–Crippen MR) is 78.2 cm³/mol. The van der Waals surface area contributed by atoms with Crippen molar-refractivity contribution < 1.29 is 18.3 Å². The first kappa shape index (κ1) is 15.2. The molecule has 3 nitrogen and oxygen atoms in total. The second-order valence-electron chi connectivity index (χ2n) is 5.80. The largest absolute Gasteiger partial charge is 0.468 e. The molecule has 2 unspecified atom stereocenters. The maximum absolute atomic E-state index is 13.8. The van der Waals surface area contributed by atoms with Gasteiger partial charge in [0, 0.05) is 24.2 Å². The summed E-state index contributed by atoms with van der Waals surface area (Å²) in [5.74, 6) is -0.538. The first-order chi connectivity index (χ1) is 10.6. The molecular weight excluding hydrogens is 288 g/mol. The van der Waals surface area contributed by atoms with E-state index < -0.39 is 17.7 Å². The van der Waals surface area contributed by atoms with Gasteiger partial charge in [0.25, 0.3) is 0 Å². The molecule has 118 valence electrons. The molecule has 2 aromatic rings. The number of hydrogen-bond acceptors (Lipinski definition) is 3. The highest BCUT2D eigenvalue weighted by Crippen LogP contribution is 2.36. The summed E-state index contributed by atoms with van der Waals surface area (Å²) >= 11 is 0. The van der Waals surface area contributed by atoms with Crippen LogP contribution in [0.1, 0.15) is 43.2 Å². The standard InChI is InChI=1S/C17H19F2NO2/c1-11(17-3-2-8-22-17)20(13-5-6-13)10-16(21)14-7-4-12(18)9-15(14)19/h2-4,7-9,11,13,16,21H,5-6,10H2,1H3. The van der Waals surface area contributed by atoms with E-state index >= 15 is 0 Å². The summed E-state index contributed by atoms with van der Waals surface area (Å²) in [6, 6.07) is 7.36. The highest BCUT2D eigenvalue weighted by atomic mass is 19.1. The lowest BCUT2D eigenvalue weighted by Crippen LogP contribution is -2.33. The van der Waals surface area contributed by atoms with Crippen LogP contribution < -0.4 is 0 Å². The zero-order valence-corrected chi connectivity index (χ0v) is 12.4. The van der Waals surface area contributed by atoms with Crippen molar-refractivity contribution in [3.05, 3.63) is 59.6 Å². The lowest BCUT2D eigenvalue weighted by atomic mass is 10.1. The normalized spacial score (nSPS) is 17.7. The van der Waals surface area contributed by atoms with Crippen molar-refractivity contribution in [3.8, 4) is 0 Å². The summed E-state index contributed by atoms with van der Waals surface area (Å²) in [5, 5.41) is 10.4. The second-order valence-corrected chi connectivity index (χ2v) is 5.80. The lowest BCUT2D eigenvalue weighted by Gasteiger charge is -2.30. The van der Waals surface area contributed by atoms with Crippen LogP contribution in [0.5, 0.6) is 0 Å². The summed E-state index contributed by atoms with van der Waals surface area (Å²) in [6.07, 6.45) is 2.74. The molecule has 22 heavy (non-hydrogen) atoms. The average Bonchev–Trinajstić information content (AvgIpc) is 3.17. The van der Waals surface area contributed by atoms with Gasteiger partial charge in [-0.3, -0.25) is 4.90 Å². The molecule has 0 radical (unpaired) electrons. The number of furan rings is 1. The lowest BCUT2D eigenvalue weighted by molar-refractivity contribution is 0.0766. The zero-order chi connectivity index (χ0) is 15.7. The van der Waals surface area contributed by atoms with E-state index in [2.05, 4.69) is 4.90 Å². The molecule has 5 heteroatoms. The predicted octanol–water partition coefficient (Wildman–Crippen LogP) is 3.82. The van der Waals surface area contributed by atoms with Crippen LogP contribution in [-0.2, 0) is 0 Å². The molecule has 0 amide bonds. The smallest absolute Gasteiger partial charge is 0.131 e. The Kier molecular flexibility index (Phi) is 4.27. The fourth-order valence-corrected chi connectivity index (χ4v) is 2.79. The van der Waals surface area contributed by atoms with Crippen LogP contribution in [0.3, 0.4) is 0 Å². The number of nitrogens with zero attached hydrogens (tertiary/aromatic N) is 1. The Bertz CT molecular complexity index is 626. The average molecular weight is 307 g/mol. The monoisotopic (exact) mass is 307 g/mol. The summed E-state index contributed by atoms with van der Waals surface area (Å²) in [5.41, 5.74) is 0.124. The van der Waals surface area contributed by atoms with Crippen molar-refractivity contribution in [2.45, 2.75) is 38.0 Å². The highest BCUT2D eigenvalue weighted by Gasteiger charge is 2.35. The van der Waals surface area contributed by atoms with Crippen molar-refractivity contribution in [1.82, 2.24) is 4.90 Å². The van der Waals surface area contributed by atoms with Crippen molar-refractivity contribution in [1.29, 1.82) is 0 Å². The molecule has 1 aromatic carbocycles. The maximum atomic E-state index is 13.8. The SMILES string of the molecule is CC(c1ccco1)N(CC(O)c1ccc(F)cc1F)C1CC1. The number of benzene rings is 1. The van der Waals surface area contributed by atoms with Crippen LogP contribution in [0.15, 0.2) is 41.0 Å². The highest BCUT2D eigenvalue weighted by molar-refractivity contribution is 5.21. The van der Waals surface area contributed by atoms with Crippen LogP contribution in [0.4, 0.5) is 8.78 Å². The van der Waals surface area contributed by atoms with Gasteiger partial charge < -0.3 is 9.52 Å². The van der Waals surface area contributed by atoms with Gasteiger partial charge in [-0.2, -0.15) is 0 Å². The van der Waals surface area contributed by atoms with Crippen LogP contribution in [0.25, 0.3) is 0 Å². The van der Waals surface area contributed by atoms with E-state index in [9.17, 15) is 13.9 Å². The van der Waals surface area contributed by atoms with Gasteiger partial charge in [-0.05, 0) is 38.0 Å². The van der Waals surface area contributed by atoms with Gasteiger partial charge in [-0.25, -0.2) is 8.78 Å². The first-order valence-corrected chi connectivity index (χ1v) is 7.48. The van der Waals surface area contributed by atoms with E-state index in [4.69, 9.17) is 4.42 Å². The Morgan fingerprint density at radius 2 is 2.09 bits per heavy atom. The Hall–Kier alpha value is -1.72. The second kappa shape index (κ2) is 6.18. The summed E-state index contributed by atoms with van der Waals surface area (Å²) in [4.78, 5) is 2.12. The molecule has 1 aromatic heterocycles. The Balaban J connectivity index is 1.76. The molecule has 1 saturated carbocycles. The minimum absolute atomic E-state index is 0.000611. The molecule has 0 aliphatic heterocycles. The molecule has 1 aliphatic carbocycles. The van der Waals surface area contributed by atoms with Crippen molar-refractivity contribution in [2.24, 2.45) is 0 Å². The molecule has 1 heterocycles. The topological polar surface area (TPSA) is 36.6 Å². The van der Waals surface area contributed by atoms with E-state index in [1.54, 1.807) is 6.26 Å². The Morgan fingerprint density at radius 3 is 2.68 bits per heavy atom. The van der Waals surface area contributed by atoms with Gasteiger partial charge >= 0.3 is 0 Å². The van der Waals surface area contributed by atoms with E-state index in [-0.39, 0.29) is 18.2 Å². The zero-order valence-electron chi connectivity index (χ0n) is 12.4. The third-order valence-electron chi connectivity index (χ3n) is 4.17. The molecule has 1 N–H and O–H groups in total. The van der Waals surface area contributed by atoms with Crippen LogP contribution >= 0.6 is 0 Å². The van der Waals surface area contributed by atoms with Crippen molar-refractivity contribution >= 4 is 0 Å². The molecule has 1 aliphatic rings. The van der Waals surface area contributed by atoms with E-state index in [0.717, 1.165) is 24.7 Å². The molecular formula is C17H19F2NO2. The maximum Gasteiger partial charge on any atom is 0.131 e. The van der Waals surface area contributed by atoms with Crippen LogP contribution in [-0.4, -0.2) is 22.6 Å². The third-order valence-corrected chi connectivity index (χ3v) is 4.17. The van der Waals surface area contributed by atoms with E-state index in [1.807, 2.05) is 19.1 Å². The number of rotatable bonds is 6. The molecule has 0 bridgehead atoms. The van der Waals surface area contributed by atoms with Crippen molar-refractivity contribution in [2.75, 3.05) is 6.54 Å². The van der Waals surface area contributed by atoms with Gasteiger partial charge in [-0.15, -0.1) is 0 Å². The van der Waals surface area contributed by atoms with Gasteiger partial charge in [-0.1, -0.05) is 6.07 Å². The van der Waals surface area contributed by atoms with E-state index in [1.165, 1.54) is 12.1 Å².